The largest absolute Gasteiger partial charge is 0.508 e. The van der Waals surface area contributed by atoms with E-state index in [2.05, 4.69) is 10.9 Å². The molecule has 0 spiro atoms. The number of thiophene rings is 1. The van der Waals surface area contributed by atoms with Gasteiger partial charge >= 0.3 is 5.97 Å². The summed E-state index contributed by atoms with van der Waals surface area (Å²) in [6.45, 7) is -0.649. The number of aromatic hydroxyl groups is 2. The number of rotatable bonds is 4. The van der Waals surface area contributed by atoms with E-state index >= 15 is 0 Å². The van der Waals surface area contributed by atoms with Crippen molar-refractivity contribution in [2.75, 3.05) is 6.61 Å². The fourth-order valence-corrected chi connectivity index (χ4v) is 2.15. The Balaban J connectivity index is 1.80. The molecular formula is C14H12N2O6S. The Bertz CT molecular complexity index is 729. The summed E-state index contributed by atoms with van der Waals surface area (Å²) in [5, 5.41) is 20.3. The fourth-order valence-electron chi connectivity index (χ4n) is 1.53. The third-order valence-electron chi connectivity index (χ3n) is 2.60. The van der Waals surface area contributed by atoms with Crippen molar-refractivity contribution in [3.8, 4) is 11.5 Å². The molecule has 0 unspecified atom stereocenters. The number of carbonyl (C=O) groups excluding carboxylic acids is 3. The molecule has 1 heterocycles. The second-order valence-electron chi connectivity index (χ2n) is 4.26. The molecule has 0 saturated carbocycles. The van der Waals surface area contributed by atoms with Crippen LogP contribution in [0.15, 0.2) is 35.7 Å². The molecule has 0 atom stereocenters. The Morgan fingerprint density at radius 1 is 1.13 bits per heavy atom. The van der Waals surface area contributed by atoms with Crippen molar-refractivity contribution in [3.63, 3.8) is 0 Å². The Hall–Kier alpha value is -3.07. The maximum absolute atomic E-state index is 11.7. The minimum absolute atomic E-state index is 0.196. The molecule has 0 fully saturated rings. The van der Waals surface area contributed by atoms with E-state index in [0.717, 1.165) is 12.1 Å². The van der Waals surface area contributed by atoms with Crippen molar-refractivity contribution in [2.45, 2.75) is 0 Å². The Kier molecular flexibility index (Phi) is 5.15. The maximum Gasteiger partial charge on any atom is 0.342 e. The van der Waals surface area contributed by atoms with Gasteiger partial charge < -0.3 is 14.9 Å². The van der Waals surface area contributed by atoms with Crippen LogP contribution in [0.3, 0.4) is 0 Å². The minimum atomic E-state index is -0.942. The first kappa shape index (κ1) is 16.3. The van der Waals surface area contributed by atoms with E-state index in [4.69, 9.17) is 9.84 Å². The van der Waals surface area contributed by atoms with E-state index in [1.54, 1.807) is 17.5 Å². The van der Waals surface area contributed by atoms with E-state index < -0.39 is 30.1 Å². The van der Waals surface area contributed by atoms with Gasteiger partial charge in [0.2, 0.25) is 0 Å². The first-order valence-corrected chi connectivity index (χ1v) is 7.17. The predicted molar refractivity (Wildman–Crippen MR) is 80.0 cm³/mol. The molecule has 23 heavy (non-hydrogen) atoms. The lowest BCUT2D eigenvalue weighted by Gasteiger charge is -2.08. The summed E-state index contributed by atoms with van der Waals surface area (Å²) in [4.78, 5) is 35.1. The van der Waals surface area contributed by atoms with Gasteiger partial charge in [0.05, 0.1) is 4.88 Å². The third-order valence-corrected chi connectivity index (χ3v) is 3.46. The average molecular weight is 336 g/mol. The zero-order valence-corrected chi connectivity index (χ0v) is 12.4. The molecular weight excluding hydrogens is 324 g/mol. The molecule has 4 N–H and O–H groups in total. The van der Waals surface area contributed by atoms with Crippen LogP contribution in [0.1, 0.15) is 20.0 Å². The van der Waals surface area contributed by atoms with Gasteiger partial charge in [-0.25, -0.2) is 4.79 Å². The van der Waals surface area contributed by atoms with Crippen LogP contribution in [0.5, 0.6) is 11.5 Å². The number of hydrazine groups is 1. The summed E-state index contributed by atoms with van der Waals surface area (Å²) >= 11 is 1.20. The van der Waals surface area contributed by atoms with Gasteiger partial charge in [-0.15, -0.1) is 11.3 Å². The number of benzene rings is 1. The minimum Gasteiger partial charge on any atom is -0.508 e. The summed E-state index contributed by atoms with van der Waals surface area (Å²) in [6, 6.07) is 6.59. The summed E-state index contributed by atoms with van der Waals surface area (Å²) in [5.41, 5.74) is 4.06. The van der Waals surface area contributed by atoms with Crippen molar-refractivity contribution < 1.29 is 29.3 Å². The molecule has 0 bridgehead atoms. The zero-order valence-electron chi connectivity index (χ0n) is 11.6. The molecule has 0 aliphatic carbocycles. The zero-order chi connectivity index (χ0) is 16.8. The van der Waals surface area contributed by atoms with E-state index in [0.29, 0.717) is 4.88 Å². The second kappa shape index (κ2) is 7.27. The van der Waals surface area contributed by atoms with Crippen LogP contribution < -0.4 is 10.9 Å². The van der Waals surface area contributed by atoms with Crippen molar-refractivity contribution in [1.82, 2.24) is 10.9 Å². The molecule has 2 aromatic rings. The molecule has 2 amide bonds. The molecule has 1 aromatic heterocycles. The summed E-state index contributed by atoms with van der Waals surface area (Å²) < 4.78 is 4.69. The van der Waals surface area contributed by atoms with Gasteiger partial charge in [-0.05, 0) is 23.6 Å². The molecule has 9 heteroatoms. The number of phenols is 2. The van der Waals surface area contributed by atoms with Crippen LogP contribution in [-0.2, 0) is 9.53 Å². The van der Waals surface area contributed by atoms with Gasteiger partial charge in [-0.1, -0.05) is 6.07 Å². The Morgan fingerprint density at radius 3 is 2.57 bits per heavy atom. The fraction of sp³-hybridized carbons (Fsp3) is 0.0714. The highest BCUT2D eigenvalue weighted by Crippen LogP contribution is 2.23. The molecule has 8 nitrogen and oxygen atoms in total. The van der Waals surface area contributed by atoms with Crippen LogP contribution >= 0.6 is 11.3 Å². The first-order chi connectivity index (χ1) is 11.0. The van der Waals surface area contributed by atoms with Crippen LogP contribution in [0, 0.1) is 0 Å². The van der Waals surface area contributed by atoms with E-state index in [-0.39, 0.29) is 11.3 Å². The van der Waals surface area contributed by atoms with Gasteiger partial charge in [-0.3, -0.25) is 20.4 Å². The lowest BCUT2D eigenvalue weighted by Crippen LogP contribution is -2.43. The first-order valence-electron chi connectivity index (χ1n) is 6.29. The van der Waals surface area contributed by atoms with Crippen molar-refractivity contribution in [3.05, 3.63) is 46.2 Å². The lowest BCUT2D eigenvalue weighted by molar-refractivity contribution is -0.125. The molecule has 0 radical (unpaired) electrons. The number of ether oxygens (including phenoxy) is 1. The average Bonchev–Trinajstić information content (AvgIpc) is 3.04. The van der Waals surface area contributed by atoms with Crippen molar-refractivity contribution in [2.24, 2.45) is 0 Å². The topological polar surface area (TPSA) is 125 Å². The number of hydrogen-bond donors (Lipinski definition) is 4. The summed E-state index contributed by atoms with van der Waals surface area (Å²) in [7, 11) is 0. The number of carbonyl (C=O) groups is 3. The summed E-state index contributed by atoms with van der Waals surface area (Å²) in [5.74, 6) is -2.87. The summed E-state index contributed by atoms with van der Waals surface area (Å²) in [6.07, 6.45) is 0. The predicted octanol–water partition coefficient (Wildman–Crippen LogP) is 0.777. The highest BCUT2D eigenvalue weighted by molar-refractivity contribution is 7.12. The van der Waals surface area contributed by atoms with E-state index in [1.165, 1.54) is 17.4 Å². The van der Waals surface area contributed by atoms with Gasteiger partial charge in [-0.2, -0.15) is 0 Å². The van der Waals surface area contributed by atoms with Gasteiger partial charge in [0.15, 0.2) is 6.61 Å². The highest BCUT2D eigenvalue weighted by atomic mass is 32.1. The van der Waals surface area contributed by atoms with E-state index in [9.17, 15) is 19.5 Å². The number of amides is 2. The molecule has 0 aliphatic heterocycles. The Labute approximate surface area is 134 Å². The number of esters is 1. The smallest absolute Gasteiger partial charge is 0.342 e. The van der Waals surface area contributed by atoms with Crippen LogP contribution in [0.4, 0.5) is 0 Å². The SMILES string of the molecule is O=C(COC(=O)c1ccc(O)cc1O)NNC(=O)c1cccs1. The van der Waals surface area contributed by atoms with E-state index in [1.807, 2.05) is 0 Å². The van der Waals surface area contributed by atoms with Gasteiger partial charge in [0, 0.05) is 6.07 Å². The van der Waals surface area contributed by atoms with Crippen LogP contribution in [0.2, 0.25) is 0 Å². The lowest BCUT2D eigenvalue weighted by atomic mass is 10.2. The molecule has 0 saturated heterocycles. The number of hydrogen-bond acceptors (Lipinski definition) is 7. The quantitative estimate of drug-likeness (QED) is 0.483. The monoisotopic (exact) mass is 336 g/mol. The van der Waals surface area contributed by atoms with Crippen molar-refractivity contribution in [1.29, 1.82) is 0 Å². The third kappa shape index (κ3) is 4.45. The normalized spacial score (nSPS) is 9.91. The van der Waals surface area contributed by atoms with Gasteiger partial charge in [0.25, 0.3) is 11.8 Å². The standard InChI is InChI=1S/C14H12N2O6S/c17-8-3-4-9(10(18)6-8)14(21)22-7-12(19)15-16-13(20)11-2-1-5-23-11/h1-6,17-18H,7H2,(H,15,19)(H,16,20). The molecule has 1 aromatic carbocycles. The molecule has 2 rings (SSSR count). The molecule has 120 valence electrons. The second-order valence-corrected chi connectivity index (χ2v) is 5.20. The number of nitrogens with one attached hydrogen (secondary N) is 2. The van der Waals surface area contributed by atoms with Crippen LogP contribution in [-0.4, -0.2) is 34.6 Å². The number of phenolic OH excluding ortho intramolecular Hbond substituents is 2. The molecule has 0 aliphatic rings. The van der Waals surface area contributed by atoms with Gasteiger partial charge in [0.1, 0.15) is 17.1 Å². The van der Waals surface area contributed by atoms with Crippen LogP contribution in [0.25, 0.3) is 0 Å². The Morgan fingerprint density at radius 2 is 1.91 bits per heavy atom. The maximum atomic E-state index is 11.7. The highest BCUT2D eigenvalue weighted by Gasteiger charge is 2.15. The van der Waals surface area contributed by atoms with Crippen molar-refractivity contribution >= 4 is 29.1 Å².